The standard InChI is InChI=1S/C19H23N5O2/c1-2-4-14-7-12(9-17(25)22-14)18(26)24-10-13-8-16(15(13)11-24)23-19-20-5-3-6-21-19/h3,5-7,9,13,15-16H,2,4,8,10-11H2,1H3,(H,22,25)(H,20,21,23). The number of hydrogen-bond acceptors (Lipinski definition) is 5. The molecule has 1 aliphatic carbocycles. The van der Waals surface area contributed by atoms with Crippen LogP contribution in [0.5, 0.6) is 0 Å². The molecule has 2 aromatic rings. The molecule has 2 aliphatic rings. The lowest BCUT2D eigenvalue weighted by molar-refractivity contribution is 0.0786. The zero-order valence-electron chi connectivity index (χ0n) is 14.8. The summed E-state index contributed by atoms with van der Waals surface area (Å²) in [4.78, 5) is 37.8. The molecule has 0 radical (unpaired) electrons. The topological polar surface area (TPSA) is 91.0 Å². The Morgan fingerprint density at radius 3 is 2.88 bits per heavy atom. The van der Waals surface area contributed by atoms with Gasteiger partial charge in [-0.15, -0.1) is 0 Å². The van der Waals surface area contributed by atoms with Crippen molar-refractivity contribution >= 4 is 11.9 Å². The summed E-state index contributed by atoms with van der Waals surface area (Å²) in [6, 6.07) is 5.32. The molecular weight excluding hydrogens is 330 g/mol. The molecule has 2 N–H and O–H groups in total. The first-order valence-corrected chi connectivity index (χ1v) is 9.20. The Kier molecular flexibility index (Phi) is 4.44. The number of hydrogen-bond donors (Lipinski definition) is 2. The first-order valence-electron chi connectivity index (χ1n) is 9.20. The van der Waals surface area contributed by atoms with Gasteiger partial charge >= 0.3 is 0 Å². The van der Waals surface area contributed by atoms with Crippen molar-refractivity contribution in [2.24, 2.45) is 11.8 Å². The third-order valence-electron chi connectivity index (χ3n) is 5.40. The Morgan fingerprint density at radius 2 is 2.12 bits per heavy atom. The Labute approximate surface area is 151 Å². The first kappa shape index (κ1) is 16.8. The summed E-state index contributed by atoms with van der Waals surface area (Å²) < 4.78 is 0. The predicted molar refractivity (Wildman–Crippen MR) is 98.0 cm³/mol. The second-order valence-electron chi connectivity index (χ2n) is 7.20. The van der Waals surface area contributed by atoms with E-state index in [9.17, 15) is 9.59 Å². The van der Waals surface area contributed by atoms with Gasteiger partial charge in [0.1, 0.15) is 0 Å². The number of carbonyl (C=O) groups excluding carboxylic acids is 1. The van der Waals surface area contributed by atoms with Crippen LogP contribution in [-0.4, -0.2) is 44.9 Å². The van der Waals surface area contributed by atoms with Crippen LogP contribution in [0.25, 0.3) is 0 Å². The van der Waals surface area contributed by atoms with Crippen molar-refractivity contribution in [1.29, 1.82) is 0 Å². The fourth-order valence-electron chi connectivity index (χ4n) is 4.09. The number of amides is 1. The maximum atomic E-state index is 12.9. The van der Waals surface area contributed by atoms with Crippen LogP contribution in [0.4, 0.5) is 5.95 Å². The van der Waals surface area contributed by atoms with Crippen molar-refractivity contribution in [2.45, 2.75) is 32.2 Å². The normalized spacial score (nSPS) is 24.0. The summed E-state index contributed by atoms with van der Waals surface area (Å²) in [7, 11) is 0. The van der Waals surface area contributed by atoms with E-state index in [2.05, 4.69) is 27.2 Å². The molecule has 3 heterocycles. The lowest BCUT2D eigenvalue weighted by Gasteiger charge is -2.39. The Balaban J connectivity index is 1.43. The molecule has 1 saturated heterocycles. The number of rotatable bonds is 5. The van der Waals surface area contributed by atoms with E-state index in [-0.39, 0.29) is 11.5 Å². The first-order chi connectivity index (χ1) is 12.6. The molecule has 0 bridgehead atoms. The van der Waals surface area contributed by atoms with E-state index in [1.807, 2.05) is 11.0 Å². The van der Waals surface area contributed by atoms with Crippen LogP contribution in [0.15, 0.2) is 35.4 Å². The molecule has 7 heteroatoms. The summed E-state index contributed by atoms with van der Waals surface area (Å²) in [5, 5.41) is 3.37. The Hall–Kier alpha value is -2.70. The number of nitrogens with zero attached hydrogens (tertiary/aromatic N) is 3. The zero-order valence-corrected chi connectivity index (χ0v) is 14.8. The quantitative estimate of drug-likeness (QED) is 0.854. The van der Waals surface area contributed by atoms with Gasteiger partial charge in [0.25, 0.3) is 5.91 Å². The number of anilines is 1. The van der Waals surface area contributed by atoms with Crippen molar-refractivity contribution in [2.75, 3.05) is 18.4 Å². The fraction of sp³-hybridized carbons (Fsp3) is 0.474. The molecule has 3 atom stereocenters. The molecule has 1 saturated carbocycles. The largest absolute Gasteiger partial charge is 0.351 e. The molecule has 7 nitrogen and oxygen atoms in total. The highest BCUT2D eigenvalue weighted by Crippen LogP contribution is 2.42. The Morgan fingerprint density at radius 1 is 1.31 bits per heavy atom. The third kappa shape index (κ3) is 3.21. The number of nitrogens with one attached hydrogen (secondary N) is 2. The van der Waals surface area contributed by atoms with Crippen molar-refractivity contribution in [3.8, 4) is 0 Å². The maximum Gasteiger partial charge on any atom is 0.254 e. The minimum absolute atomic E-state index is 0.0439. The molecule has 26 heavy (non-hydrogen) atoms. The van der Waals surface area contributed by atoms with Crippen LogP contribution in [0.1, 0.15) is 35.8 Å². The average Bonchev–Trinajstić information content (AvgIpc) is 2.97. The summed E-state index contributed by atoms with van der Waals surface area (Å²) in [5.41, 5.74) is 1.11. The molecule has 0 spiro atoms. The van der Waals surface area contributed by atoms with E-state index in [1.165, 1.54) is 6.07 Å². The molecule has 136 valence electrons. The summed E-state index contributed by atoms with van der Waals surface area (Å²) >= 11 is 0. The van der Waals surface area contributed by atoms with Gasteiger partial charge in [0.2, 0.25) is 11.5 Å². The molecule has 2 fully saturated rings. The van der Waals surface area contributed by atoms with Crippen molar-refractivity contribution in [1.82, 2.24) is 19.9 Å². The van der Waals surface area contributed by atoms with E-state index in [1.54, 1.807) is 18.5 Å². The third-order valence-corrected chi connectivity index (χ3v) is 5.40. The molecule has 2 aromatic heterocycles. The Bertz CT molecular complexity index is 851. The fourth-order valence-corrected chi connectivity index (χ4v) is 4.09. The van der Waals surface area contributed by atoms with Crippen LogP contribution in [-0.2, 0) is 6.42 Å². The van der Waals surface area contributed by atoms with E-state index in [0.717, 1.165) is 31.5 Å². The second kappa shape index (κ2) is 6.90. The summed E-state index contributed by atoms with van der Waals surface area (Å²) in [6.45, 7) is 3.52. The van der Waals surface area contributed by atoms with E-state index < -0.39 is 0 Å². The number of aromatic amines is 1. The van der Waals surface area contributed by atoms with Crippen molar-refractivity contribution in [3.63, 3.8) is 0 Å². The number of H-pyrrole nitrogens is 1. The van der Waals surface area contributed by atoms with E-state index >= 15 is 0 Å². The number of aromatic nitrogens is 3. The minimum atomic E-state index is -0.206. The van der Waals surface area contributed by atoms with E-state index in [0.29, 0.717) is 35.9 Å². The van der Waals surface area contributed by atoms with E-state index in [4.69, 9.17) is 0 Å². The lowest BCUT2D eigenvalue weighted by Crippen LogP contribution is -2.45. The van der Waals surface area contributed by atoms with Crippen molar-refractivity contribution in [3.05, 3.63) is 52.2 Å². The highest BCUT2D eigenvalue weighted by atomic mass is 16.2. The van der Waals surface area contributed by atoms with Gasteiger partial charge in [-0.2, -0.15) is 0 Å². The van der Waals surface area contributed by atoms with Gasteiger partial charge in [-0.05, 0) is 30.9 Å². The molecule has 4 rings (SSSR count). The van der Waals surface area contributed by atoms with Gasteiger partial charge in [-0.3, -0.25) is 9.59 Å². The van der Waals surface area contributed by atoms with Gasteiger partial charge in [0.05, 0.1) is 0 Å². The van der Waals surface area contributed by atoms with Gasteiger partial charge < -0.3 is 15.2 Å². The van der Waals surface area contributed by atoms with Gasteiger partial charge in [-0.1, -0.05) is 13.3 Å². The molecule has 1 aliphatic heterocycles. The lowest BCUT2D eigenvalue weighted by atomic mass is 9.71. The molecule has 0 aromatic carbocycles. The van der Waals surface area contributed by atoms with Crippen LogP contribution in [0.3, 0.4) is 0 Å². The number of likely N-dealkylation sites (tertiary alicyclic amines) is 1. The van der Waals surface area contributed by atoms with Crippen LogP contribution < -0.4 is 10.9 Å². The SMILES string of the molecule is CCCc1cc(C(=O)N2CC3CC(Nc4ncccn4)C3C2)cc(=O)[nH]1. The molecule has 1 amide bonds. The smallest absolute Gasteiger partial charge is 0.254 e. The number of fused-ring (bicyclic) bond motifs is 1. The van der Waals surface area contributed by atoms with Gasteiger partial charge in [0.15, 0.2) is 0 Å². The monoisotopic (exact) mass is 353 g/mol. The number of carbonyl (C=O) groups is 1. The van der Waals surface area contributed by atoms with Crippen LogP contribution in [0.2, 0.25) is 0 Å². The number of aryl methyl sites for hydroxylation is 1. The summed E-state index contributed by atoms with van der Waals surface area (Å²) in [5.74, 6) is 1.52. The van der Waals surface area contributed by atoms with Gasteiger partial charge in [0, 0.05) is 54.8 Å². The second-order valence-corrected chi connectivity index (χ2v) is 7.20. The minimum Gasteiger partial charge on any atom is -0.351 e. The average molecular weight is 353 g/mol. The number of pyridine rings is 1. The highest BCUT2D eigenvalue weighted by Gasteiger charge is 2.48. The zero-order chi connectivity index (χ0) is 18.1. The molecular formula is C19H23N5O2. The van der Waals surface area contributed by atoms with Gasteiger partial charge in [-0.25, -0.2) is 9.97 Å². The van der Waals surface area contributed by atoms with Crippen LogP contribution >= 0.6 is 0 Å². The van der Waals surface area contributed by atoms with Crippen molar-refractivity contribution < 1.29 is 4.79 Å². The maximum absolute atomic E-state index is 12.9. The summed E-state index contributed by atoms with van der Waals surface area (Å²) in [6.07, 6.45) is 6.15. The van der Waals surface area contributed by atoms with Crippen LogP contribution in [0, 0.1) is 11.8 Å². The molecule has 3 unspecified atom stereocenters. The predicted octanol–water partition coefficient (Wildman–Crippen LogP) is 1.69. The highest BCUT2D eigenvalue weighted by molar-refractivity contribution is 5.94.